The average Bonchev–Trinajstić information content (AvgIpc) is 2.63. The summed E-state index contributed by atoms with van der Waals surface area (Å²) in [5.74, 6) is 1.34. The van der Waals surface area contributed by atoms with Gasteiger partial charge in [-0.15, -0.1) is 0 Å². The van der Waals surface area contributed by atoms with Crippen molar-refractivity contribution >= 4 is 0 Å². The zero-order chi connectivity index (χ0) is 11.3. The predicted octanol–water partition coefficient (Wildman–Crippen LogP) is 0.798. The Morgan fingerprint density at radius 1 is 1.53 bits per heavy atom. The topological polar surface area (TPSA) is 50.1 Å². The van der Waals surface area contributed by atoms with Crippen LogP contribution in [0, 0.1) is 12.8 Å². The molecule has 15 heavy (non-hydrogen) atoms. The zero-order valence-electron chi connectivity index (χ0n) is 9.77. The molecule has 0 saturated carbocycles. The molecular formula is C11H21N3O. The fraction of sp³-hybridized carbons (Fsp3) is 0.727. The molecule has 0 aliphatic carbocycles. The molecular weight excluding hydrogens is 190 g/mol. The van der Waals surface area contributed by atoms with Crippen molar-refractivity contribution in [3.8, 4) is 0 Å². The molecule has 0 amide bonds. The highest BCUT2D eigenvalue weighted by atomic mass is 16.3. The van der Waals surface area contributed by atoms with Crippen LogP contribution in [0.2, 0.25) is 0 Å². The van der Waals surface area contributed by atoms with Gasteiger partial charge in [-0.05, 0) is 19.8 Å². The number of nitrogens with zero attached hydrogens (tertiary/aromatic N) is 2. The van der Waals surface area contributed by atoms with Crippen molar-refractivity contribution in [3.05, 3.63) is 18.2 Å². The van der Waals surface area contributed by atoms with Gasteiger partial charge in [0.2, 0.25) is 0 Å². The minimum atomic E-state index is 0.234. The van der Waals surface area contributed by atoms with Crippen LogP contribution in [0.4, 0.5) is 0 Å². The molecule has 0 aliphatic heterocycles. The molecule has 1 aromatic heterocycles. The highest BCUT2D eigenvalue weighted by Gasteiger charge is 2.09. The molecule has 0 spiro atoms. The quantitative estimate of drug-likeness (QED) is 0.731. The predicted molar refractivity (Wildman–Crippen MR) is 60.7 cm³/mol. The van der Waals surface area contributed by atoms with Crippen LogP contribution < -0.4 is 5.32 Å². The number of imidazole rings is 1. The van der Waals surface area contributed by atoms with E-state index in [-0.39, 0.29) is 6.61 Å². The van der Waals surface area contributed by atoms with Crippen molar-refractivity contribution in [2.24, 2.45) is 5.92 Å². The van der Waals surface area contributed by atoms with E-state index >= 15 is 0 Å². The van der Waals surface area contributed by atoms with E-state index in [2.05, 4.69) is 21.8 Å². The minimum Gasteiger partial charge on any atom is -0.396 e. The molecule has 0 radical (unpaired) electrons. The fourth-order valence-electron chi connectivity index (χ4n) is 1.41. The highest BCUT2D eigenvalue weighted by molar-refractivity contribution is 4.88. The van der Waals surface area contributed by atoms with E-state index in [9.17, 15) is 0 Å². The second-order valence-electron chi connectivity index (χ2n) is 4.07. The van der Waals surface area contributed by atoms with Crippen LogP contribution in [0.1, 0.15) is 19.7 Å². The van der Waals surface area contributed by atoms with Crippen molar-refractivity contribution in [2.45, 2.75) is 33.4 Å². The third-order valence-electron chi connectivity index (χ3n) is 2.88. The van der Waals surface area contributed by atoms with E-state index in [4.69, 9.17) is 5.11 Å². The maximum atomic E-state index is 8.98. The zero-order valence-corrected chi connectivity index (χ0v) is 9.77. The highest BCUT2D eigenvalue weighted by Crippen LogP contribution is 2.00. The van der Waals surface area contributed by atoms with E-state index in [1.165, 1.54) is 0 Å². The minimum absolute atomic E-state index is 0.234. The molecule has 0 aromatic carbocycles. The maximum absolute atomic E-state index is 8.98. The van der Waals surface area contributed by atoms with Crippen LogP contribution in [0.25, 0.3) is 0 Å². The van der Waals surface area contributed by atoms with Crippen LogP contribution in [0.15, 0.2) is 12.4 Å². The van der Waals surface area contributed by atoms with Gasteiger partial charge in [0.1, 0.15) is 5.82 Å². The first-order chi connectivity index (χ1) is 7.15. The van der Waals surface area contributed by atoms with Crippen LogP contribution in [-0.2, 0) is 6.54 Å². The summed E-state index contributed by atoms with van der Waals surface area (Å²) in [6.45, 7) is 8.21. The smallest absolute Gasteiger partial charge is 0.105 e. The normalized spacial score (nSPS) is 15.2. The number of aromatic nitrogens is 2. The van der Waals surface area contributed by atoms with Crippen molar-refractivity contribution in [1.29, 1.82) is 0 Å². The molecule has 1 aromatic rings. The number of hydrogen-bond acceptors (Lipinski definition) is 3. The molecule has 2 unspecified atom stereocenters. The van der Waals surface area contributed by atoms with Gasteiger partial charge in [0.05, 0.1) is 0 Å². The summed E-state index contributed by atoms with van der Waals surface area (Å²) >= 11 is 0. The molecule has 2 N–H and O–H groups in total. The van der Waals surface area contributed by atoms with Gasteiger partial charge in [-0.3, -0.25) is 0 Å². The van der Waals surface area contributed by atoms with Gasteiger partial charge < -0.3 is 15.0 Å². The molecule has 1 heterocycles. The maximum Gasteiger partial charge on any atom is 0.105 e. The van der Waals surface area contributed by atoms with Crippen molar-refractivity contribution in [3.63, 3.8) is 0 Å². The second-order valence-corrected chi connectivity index (χ2v) is 4.07. The lowest BCUT2D eigenvalue weighted by atomic mass is 10.1. The Hall–Kier alpha value is -0.870. The molecule has 0 aliphatic rings. The standard InChI is InChI=1S/C11H21N3O/c1-9(8-15)10(2)12-4-6-14-7-5-13-11(14)3/h5,7,9-10,12,15H,4,6,8H2,1-3H3. The molecule has 2 atom stereocenters. The summed E-state index contributed by atoms with van der Waals surface area (Å²) < 4.78 is 2.11. The van der Waals surface area contributed by atoms with E-state index in [1.54, 1.807) is 0 Å². The van der Waals surface area contributed by atoms with Crippen LogP contribution in [-0.4, -0.2) is 33.9 Å². The lowest BCUT2D eigenvalue weighted by Gasteiger charge is -2.19. The van der Waals surface area contributed by atoms with E-state index in [0.717, 1.165) is 18.9 Å². The summed E-state index contributed by atoms with van der Waals surface area (Å²) in [6.07, 6.45) is 3.80. The first-order valence-electron chi connectivity index (χ1n) is 5.47. The third kappa shape index (κ3) is 3.64. The lowest BCUT2D eigenvalue weighted by Crippen LogP contribution is -2.35. The van der Waals surface area contributed by atoms with E-state index < -0.39 is 0 Å². The van der Waals surface area contributed by atoms with Crippen LogP contribution in [0.3, 0.4) is 0 Å². The Balaban J connectivity index is 2.25. The first-order valence-corrected chi connectivity index (χ1v) is 5.47. The Morgan fingerprint density at radius 3 is 2.80 bits per heavy atom. The summed E-state index contributed by atoms with van der Waals surface area (Å²) in [4.78, 5) is 4.16. The molecule has 4 nitrogen and oxygen atoms in total. The summed E-state index contributed by atoms with van der Waals surface area (Å²) in [5, 5.41) is 12.4. The van der Waals surface area contributed by atoms with Gasteiger partial charge in [0.25, 0.3) is 0 Å². The summed E-state index contributed by atoms with van der Waals surface area (Å²) in [6, 6.07) is 0.346. The largest absolute Gasteiger partial charge is 0.396 e. The van der Waals surface area contributed by atoms with Gasteiger partial charge >= 0.3 is 0 Å². The summed E-state index contributed by atoms with van der Waals surface area (Å²) in [7, 11) is 0. The molecule has 0 saturated heterocycles. The molecule has 0 bridgehead atoms. The number of nitrogens with one attached hydrogen (secondary N) is 1. The van der Waals surface area contributed by atoms with Gasteiger partial charge in [-0.1, -0.05) is 6.92 Å². The van der Waals surface area contributed by atoms with Crippen molar-refractivity contribution < 1.29 is 5.11 Å². The number of aliphatic hydroxyl groups excluding tert-OH is 1. The lowest BCUT2D eigenvalue weighted by molar-refractivity contribution is 0.207. The molecule has 86 valence electrons. The van der Waals surface area contributed by atoms with Gasteiger partial charge in [-0.25, -0.2) is 4.98 Å². The SMILES string of the molecule is Cc1nccn1CCNC(C)C(C)CO. The Morgan fingerprint density at radius 2 is 2.27 bits per heavy atom. The average molecular weight is 211 g/mol. The van der Waals surface area contributed by atoms with Crippen molar-refractivity contribution in [2.75, 3.05) is 13.2 Å². The second kappa shape index (κ2) is 5.88. The molecule has 0 fully saturated rings. The third-order valence-corrected chi connectivity index (χ3v) is 2.88. The Bertz CT molecular complexity index is 285. The van der Waals surface area contributed by atoms with Gasteiger partial charge in [0, 0.05) is 38.1 Å². The first kappa shape index (κ1) is 12.2. The Labute approximate surface area is 91.3 Å². The number of aryl methyl sites for hydroxylation is 1. The van der Waals surface area contributed by atoms with Crippen molar-refractivity contribution in [1.82, 2.24) is 14.9 Å². The number of rotatable bonds is 6. The van der Waals surface area contributed by atoms with E-state index in [0.29, 0.717) is 12.0 Å². The molecule has 1 rings (SSSR count). The number of hydrogen-bond donors (Lipinski definition) is 2. The van der Waals surface area contributed by atoms with Gasteiger partial charge in [-0.2, -0.15) is 0 Å². The fourth-order valence-corrected chi connectivity index (χ4v) is 1.41. The van der Waals surface area contributed by atoms with Crippen LogP contribution >= 0.6 is 0 Å². The number of aliphatic hydroxyl groups is 1. The van der Waals surface area contributed by atoms with E-state index in [1.807, 2.05) is 26.2 Å². The van der Waals surface area contributed by atoms with Gasteiger partial charge in [0.15, 0.2) is 0 Å². The monoisotopic (exact) mass is 211 g/mol. The van der Waals surface area contributed by atoms with Crippen LogP contribution in [0.5, 0.6) is 0 Å². The Kier molecular flexibility index (Phi) is 4.78. The summed E-state index contributed by atoms with van der Waals surface area (Å²) in [5.41, 5.74) is 0. The molecule has 4 heteroatoms.